The molecule has 0 bridgehead atoms. The van der Waals surface area contributed by atoms with E-state index in [-0.39, 0.29) is 17.6 Å². The van der Waals surface area contributed by atoms with Crippen molar-refractivity contribution in [2.24, 2.45) is 5.92 Å². The summed E-state index contributed by atoms with van der Waals surface area (Å²) in [5.41, 5.74) is 2.85. The number of hydrogen-bond donors (Lipinski definition) is 1. The predicted octanol–water partition coefficient (Wildman–Crippen LogP) is 4.35. The Morgan fingerprint density at radius 3 is 2.34 bits per heavy atom. The molecule has 1 aliphatic heterocycles. The molecular weight excluding hydrogens is 471 g/mol. The van der Waals surface area contributed by atoms with Crippen molar-refractivity contribution in [3.63, 3.8) is 0 Å². The van der Waals surface area contributed by atoms with Crippen LogP contribution in [0.15, 0.2) is 36.4 Å². The zero-order valence-corrected chi connectivity index (χ0v) is 20.6. The van der Waals surface area contributed by atoms with Gasteiger partial charge in [-0.1, -0.05) is 35.3 Å². The third-order valence-corrected chi connectivity index (χ3v) is 8.01. The van der Waals surface area contributed by atoms with Gasteiger partial charge in [0.05, 0.1) is 22.3 Å². The van der Waals surface area contributed by atoms with E-state index in [9.17, 15) is 13.2 Å². The first kappa shape index (κ1) is 24.8. The number of aryl methyl sites for hydroxylation is 2. The Morgan fingerprint density at radius 1 is 1.06 bits per heavy atom. The normalized spacial score (nSPS) is 15.5. The minimum atomic E-state index is -3.49. The molecule has 174 valence electrons. The van der Waals surface area contributed by atoms with Gasteiger partial charge in [-0.05, 0) is 67.6 Å². The monoisotopic (exact) mass is 498 g/mol. The Hall–Kier alpha value is -1.80. The van der Waals surface area contributed by atoms with E-state index in [1.54, 1.807) is 18.2 Å². The lowest BCUT2D eigenvalue weighted by Crippen LogP contribution is -2.43. The van der Waals surface area contributed by atoms with Crippen LogP contribution in [-0.4, -0.2) is 44.9 Å². The van der Waals surface area contributed by atoms with Gasteiger partial charge in [0.25, 0.3) is 0 Å². The molecule has 1 aliphatic rings. The Kier molecular flexibility index (Phi) is 8.44. The summed E-state index contributed by atoms with van der Waals surface area (Å²) in [7, 11) is -3.49. The standard InChI is InChI=1S/C23H28Cl2N2O4S/c1-16-11-17(2)13-20(12-16)31-10-7-26-23(28)19-5-8-27(9-6-19)32(29,30)15-18-3-4-21(24)22(25)14-18/h3-4,11-14,19H,5-10,15H2,1-2H3,(H,26,28). The van der Waals surface area contributed by atoms with E-state index in [0.717, 1.165) is 16.9 Å². The lowest BCUT2D eigenvalue weighted by Gasteiger charge is -2.30. The smallest absolute Gasteiger partial charge is 0.223 e. The summed E-state index contributed by atoms with van der Waals surface area (Å²) in [5, 5.41) is 3.62. The van der Waals surface area contributed by atoms with Crippen molar-refractivity contribution in [1.29, 1.82) is 0 Å². The fraction of sp³-hybridized carbons (Fsp3) is 0.435. The van der Waals surface area contributed by atoms with Crippen LogP contribution in [0.1, 0.15) is 29.5 Å². The highest BCUT2D eigenvalue weighted by molar-refractivity contribution is 7.88. The van der Waals surface area contributed by atoms with Crippen LogP contribution in [-0.2, 0) is 20.6 Å². The molecular formula is C23H28Cl2N2O4S. The summed E-state index contributed by atoms with van der Waals surface area (Å²) >= 11 is 11.9. The Bertz CT molecular complexity index is 1050. The largest absolute Gasteiger partial charge is 0.492 e. The average Bonchev–Trinajstić information content (AvgIpc) is 2.73. The molecule has 0 aliphatic carbocycles. The molecule has 6 nitrogen and oxygen atoms in total. The third kappa shape index (κ3) is 6.85. The molecule has 32 heavy (non-hydrogen) atoms. The van der Waals surface area contributed by atoms with Gasteiger partial charge in [-0.25, -0.2) is 12.7 Å². The maximum absolute atomic E-state index is 12.8. The first-order chi connectivity index (χ1) is 15.1. The number of nitrogens with zero attached hydrogens (tertiary/aromatic N) is 1. The zero-order valence-electron chi connectivity index (χ0n) is 18.2. The van der Waals surface area contributed by atoms with Crippen molar-refractivity contribution < 1.29 is 17.9 Å². The SMILES string of the molecule is Cc1cc(C)cc(OCCNC(=O)C2CCN(S(=O)(=O)Cc3ccc(Cl)c(Cl)c3)CC2)c1. The van der Waals surface area contributed by atoms with Crippen molar-refractivity contribution in [1.82, 2.24) is 9.62 Å². The van der Waals surface area contributed by atoms with Gasteiger partial charge in [0.2, 0.25) is 15.9 Å². The molecule has 0 spiro atoms. The molecule has 0 saturated carbocycles. The van der Waals surface area contributed by atoms with Gasteiger partial charge in [0.15, 0.2) is 0 Å². The summed E-state index contributed by atoms with van der Waals surface area (Å²) in [4.78, 5) is 12.5. The van der Waals surface area contributed by atoms with E-state index < -0.39 is 10.0 Å². The number of amides is 1. The Labute approximate surface area is 199 Å². The summed E-state index contributed by atoms with van der Waals surface area (Å²) in [6.07, 6.45) is 0.981. The van der Waals surface area contributed by atoms with Gasteiger partial charge < -0.3 is 10.1 Å². The van der Waals surface area contributed by atoms with E-state index >= 15 is 0 Å². The fourth-order valence-electron chi connectivity index (χ4n) is 3.83. The van der Waals surface area contributed by atoms with Gasteiger partial charge in [0.1, 0.15) is 12.4 Å². The first-order valence-electron chi connectivity index (χ1n) is 10.5. The van der Waals surface area contributed by atoms with Crippen molar-refractivity contribution in [3.05, 3.63) is 63.1 Å². The van der Waals surface area contributed by atoms with Crippen molar-refractivity contribution in [2.45, 2.75) is 32.4 Å². The minimum absolute atomic E-state index is 0.0597. The molecule has 3 rings (SSSR count). The predicted molar refractivity (Wildman–Crippen MR) is 128 cm³/mol. The second kappa shape index (κ2) is 10.9. The molecule has 2 aromatic carbocycles. The number of sulfonamides is 1. The second-order valence-electron chi connectivity index (χ2n) is 8.14. The van der Waals surface area contributed by atoms with E-state index in [1.807, 2.05) is 26.0 Å². The summed E-state index contributed by atoms with van der Waals surface area (Å²) in [6, 6.07) is 10.8. The van der Waals surface area contributed by atoms with Crippen LogP contribution in [0.3, 0.4) is 0 Å². The van der Waals surface area contributed by atoms with Crippen LogP contribution in [0.4, 0.5) is 0 Å². The van der Waals surface area contributed by atoms with Gasteiger partial charge in [-0.2, -0.15) is 0 Å². The molecule has 1 heterocycles. The quantitative estimate of drug-likeness (QED) is 0.549. The molecule has 1 amide bonds. The number of piperidine rings is 1. The molecule has 1 N–H and O–H groups in total. The highest BCUT2D eigenvalue weighted by atomic mass is 35.5. The first-order valence-corrected chi connectivity index (χ1v) is 12.9. The highest BCUT2D eigenvalue weighted by Gasteiger charge is 2.31. The highest BCUT2D eigenvalue weighted by Crippen LogP contribution is 2.26. The zero-order chi connectivity index (χ0) is 23.3. The number of benzene rings is 2. The van der Waals surface area contributed by atoms with Crippen LogP contribution in [0.5, 0.6) is 5.75 Å². The molecule has 0 radical (unpaired) electrons. The molecule has 1 saturated heterocycles. The van der Waals surface area contributed by atoms with Crippen molar-refractivity contribution in [3.8, 4) is 5.75 Å². The topological polar surface area (TPSA) is 75.7 Å². The van der Waals surface area contributed by atoms with Gasteiger partial charge in [-0.3, -0.25) is 4.79 Å². The van der Waals surface area contributed by atoms with Crippen LogP contribution in [0.25, 0.3) is 0 Å². The summed E-state index contributed by atoms with van der Waals surface area (Å²) in [5.74, 6) is 0.386. The fourth-order valence-corrected chi connectivity index (χ4v) is 5.70. The van der Waals surface area contributed by atoms with Gasteiger partial charge >= 0.3 is 0 Å². The number of nitrogens with one attached hydrogen (secondary N) is 1. The van der Waals surface area contributed by atoms with Crippen LogP contribution >= 0.6 is 23.2 Å². The summed E-state index contributed by atoms with van der Waals surface area (Å²) < 4.78 is 32.7. The van der Waals surface area contributed by atoms with Crippen molar-refractivity contribution >= 4 is 39.1 Å². The third-order valence-electron chi connectivity index (χ3n) is 5.42. The number of halogens is 2. The molecule has 9 heteroatoms. The number of rotatable bonds is 8. The Balaban J connectivity index is 1.43. The molecule has 0 unspecified atom stereocenters. The van der Waals surface area contributed by atoms with Crippen molar-refractivity contribution in [2.75, 3.05) is 26.2 Å². The molecule has 1 fully saturated rings. The lowest BCUT2D eigenvalue weighted by atomic mass is 9.97. The number of ether oxygens (including phenoxy) is 1. The van der Waals surface area contributed by atoms with Crippen LogP contribution in [0.2, 0.25) is 10.0 Å². The number of carbonyl (C=O) groups excluding carboxylic acids is 1. The average molecular weight is 499 g/mol. The van der Waals surface area contributed by atoms with Gasteiger partial charge in [-0.15, -0.1) is 0 Å². The Morgan fingerprint density at radius 2 is 1.72 bits per heavy atom. The summed E-state index contributed by atoms with van der Waals surface area (Å²) in [6.45, 7) is 5.45. The maximum Gasteiger partial charge on any atom is 0.223 e. The molecule has 0 aromatic heterocycles. The number of hydrogen-bond acceptors (Lipinski definition) is 4. The van der Waals surface area contributed by atoms with Crippen LogP contribution < -0.4 is 10.1 Å². The molecule has 2 aromatic rings. The van der Waals surface area contributed by atoms with Crippen LogP contribution in [0, 0.1) is 19.8 Å². The van der Waals surface area contributed by atoms with E-state index in [1.165, 1.54) is 4.31 Å². The lowest BCUT2D eigenvalue weighted by molar-refractivity contribution is -0.126. The number of carbonyl (C=O) groups is 1. The van der Waals surface area contributed by atoms with E-state index in [2.05, 4.69) is 11.4 Å². The van der Waals surface area contributed by atoms with Gasteiger partial charge in [0, 0.05) is 19.0 Å². The van der Waals surface area contributed by atoms with E-state index in [4.69, 9.17) is 27.9 Å². The maximum atomic E-state index is 12.8. The molecule has 0 atom stereocenters. The second-order valence-corrected chi connectivity index (χ2v) is 10.9. The minimum Gasteiger partial charge on any atom is -0.492 e. The van der Waals surface area contributed by atoms with E-state index in [0.29, 0.717) is 54.7 Å².